The van der Waals surface area contributed by atoms with Crippen molar-refractivity contribution in [3.8, 4) is 23.3 Å². The Labute approximate surface area is 209 Å². The van der Waals surface area contributed by atoms with Crippen molar-refractivity contribution in [2.24, 2.45) is 10.4 Å². The molecule has 0 atom stereocenters. The van der Waals surface area contributed by atoms with Gasteiger partial charge in [-0.05, 0) is 73.7 Å². The third-order valence-electron chi connectivity index (χ3n) is 5.68. The minimum atomic E-state index is -0.945. The fourth-order valence-corrected chi connectivity index (χ4v) is 3.52. The van der Waals surface area contributed by atoms with Crippen LogP contribution < -0.4 is 20.1 Å². The van der Waals surface area contributed by atoms with E-state index in [0.717, 1.165) is 5.75 Å². The lowest BCUT2D eigenvalue weighted by atomic mass is 10.0. The van der Waals surface area contributed by atoms with Crippen LogP contribution in [0.15, 0.2) is 89.7 Å². The lowest BCUT2D eigenvalue weighted by molar-refractivity contribution is -0.119. The highest BCUT2D eigenvalue weighted by Crippen LogP contribution is 2.45. The van der Waals surface area contributed by atoms with Crippen molar-refractivity contribution in [2.75, 3.05) is 12.4 Å². The molecule has 0 aliphatic heterocycles. The van der Waals surface area contributed by atoms with Crippen LogP contribution in [-0.2, 0) is 4.79 Å². The maximum atomic E-state index is 12.5. The zero-order valence-corrected chi connectivity index (χ0v) is 19.7. The van der Waals surface area contributed by atoms with Crippen LogP contribution in [0.2, 0.25) is 0 Å². The number of nitriles is 1. The normalized spacial score (nSPS) is 13.9. The molecule has 8 heteroatoms. The minimum Gasteiger partial charge on any atom is -0.457 e. The smallest absolute Gasteiger partial charge is 0.244 e. The maximum absolute atomic E-state index is 12.5. The second-order valence-electron chi connectivity index (χ2n) is 8.18. The Bertz CT molecular complexity index is 1350. The molecule has 1 aliphatic rings. The molecule has 3 aromatic rings. The fraction of sp³-hybridized carbons (Fsp3) is 0.143. The highest BCUT2D eigenvalue weighted by Gasteiger charge is 2.50. The number of amides is 1. The van der Waals surface area contributed by atoms with E-state index in [1.165, 1.54) is 0 Å². The summed E-state index contributed by atoms with van der Waals surface area (Å²) in [4.78, 5) is 16.3. The second kappa shape index (κ2) is 10.6. The average molecular weight is 480 g/mol. The van der Waals surface area contributed by atoms with Crippen molar-refractivity contribution in [3.05, 3.63) is 90.3 Å². The van der Waals surface area contributed by atoms with Gasteiger partial charge < -0.3 is 20.1 Å². The van der Waals surface area contributed by atoms with E-state index in [-0.39, 0.29) is 17.6 Å². The lowest BCUT2D eigenvalue weighted by Gasteiger charge is -2.17. The van der Waals surface area contributed by atoms with Crippen LogP contribution in [0.3, 0.4) is 0 Å². The van der Waals surface area contributed by atoms with Crippen LogP contribution in [0.5, 0.6) is 17.2 Å². The monoisotopic (exact) mass is 479 g/mol. The Morgan fingerprint density at radius 1 is 1.03 bits per heavy atom. The van der Waals surface area contributed by atoms with Gasteiger partial charge in [-0.1, -0.05) is 30.3 Å². The molecular formula is C28H25N5O3. The number of nitrogens with zero attached hydrogens (tertiary/aromatic N) is 2. The summed E-state index contributed by atoms with van der Waals surface area (Å²) in [6, 6.07) is 25.6. The molecule has 1 fully saturated rings. The van der Waals surface area contributed by atoms with Crippen LogP contribution >= 0.6 is 0 Å². The van der Waals surface area contributed by atoms with Crippen LogP contribution in [0.4, 0.5) is 5.69 Å². The Morgan fingerprint density at radius 3 is 2.31 bits per heavy atom. The van der Waals surface area contributed by atoms with Crippen molar-refractivity contribution in [3.63, 3.8) is 0 Å². The molecule has 0 unspecified atom stereocenters. The van der Waals surface area contributed by atoms with Gasteiger partial charge in [0.1, 0.15) is 22.7 Å². The average Bonchev–Trinajstić information content (AvgIpc) is 3.71. The summed E-state index contributed by atoms with van der Waals surface area (Å²) in [6.07, 6.45) is 1.11. The SMILES string of the molecule is C=NC(=N)C(=C(NC)Oc1ccc(Oc2ccccc2)cc1)c1cccc(NC(=O)C2(C#N)CC2)c1. The number of nitrogens with one attached hydrogen (secondary N) is 3. The molecule has 8 nitrogen and oxygen atoms in total. The molecule has 3 aromatic carbocycles. The molecule has 3 N–H and O–H groups in total. The Kier molecular flexibility index (Phi) is 7.12. The van der Waals surface area contributed by atoms with Crippen LogP contribution in [0.1, 0.15) is 18.4 Å². The topological polar surface area (TPSA) is 120 Å². The van der Waals surface area contributed by atoms with Gasteiger partial charge >= 0.3 is 0 Å². The molecule has 0 saturated heterocycles. The van der Waals surface area contributed by atoms with Gasteiger partial charge in [0.2, 0.25) is 11.8 Å². The maximum Gasteiger partial charge on any atom is 0.244 e. The van der Waals surface area contributed by atoms with E-state index in [0.29, 0.717) is 41.2 Å². The van der Waals surface area contributed by atoms with E-state index in [9.17, 15) is 10.1 Å². The van der Waals surface area contributed by atoms with E-state index >= 15 is 0 Å². The molecular weight excluding hydrogens is 454 g/mol. The van der Waals surface area contributed by atoms with Crippen molar-refractivity contribution in [1.82, 2.24) is 5.32 Å². The van der Waals surface area contributed by atoms with Crippen LogP contribution in [0.25, 0.3) is 5.57 Å². The summed E-state index contributed by atoms with van der Waals surface area (Å²) in [5, 5.41) is 23.5. The number of hydrogen-bond acceptors (Lipinski definition) is 6. The van der Waals surface area contributed by atoms with E-state index in [4.69, 9.17) is 14.9 Å². The number of ether oxygens (including phenoxy) is 2. The molecule has 4 rings (SSSR count). The molecule has 1 aliphatic carbocycles. The number of benzene rings is 3. The number of carbonyl (C=O) groups is 1. The van der Waals surface area contributed by atoms with Crippen LogP contribution in [-0.4, -0.2) is 25.5 Å². The number of aliphatic imine (C=N–C) groups is 1. The predicted molar refractivity (Wildman–Crippen MR) is 139 cm³/mol. The first-order valence-corrected chi connectivity index (χ1v) is 11.3. The third kappa shape index (κ3) is 5.42. The van der Waals surface area contributed by atoms with Gasteiger partial charge in [0.05, 0.1) is 11.6 Å². The zero-order valence-electron chi connectivity index (χ0n) is 19.7. The van der Waals surface area contributed by atoms with E-state index in [1.807, 2.05) is 30.3 Å². The van der Waals surface area contributed by atoms with E-state index in [1.54, 1.807) is 55.6 Å². The molecule has 36 heavy (non-hydrogen) atoms. The Balaban J connectivity index is 1.59. The Morgan fingerprint density at radius 2 is 1.69 bits per heavy atom. The Hall–Kier alpha value is -4.90. The summed E-state index contributed by atoms with van der Waals surface area (Å²) in [7, 11) is 1.67. The van der Waals surface area contributed by atoms with Crippen molar-refractivity contribution >= 4 is 29.7 Å². The molecule has 1 saturated carbocycles. The summed E-state index contributed by atoms with van der Waals surface area (Å²) in [6.45, 7) is 3.49. The lowest BCUT2D eigenvalue weighted by Crippen LogP contribution is -2.23. The highest BCUT2D eigenvalue weighted by atomic mass is 16.5. The molecule has 0 spiro atoms. The molecule has 180 valence electrons. The number of anilines is 1. The van der Waals surface area contributed by atoms with Gasteiger partial charge in [-0.25, -0.2) is 4.99 Å². The molecule has 1 amide bonds. The molecule has 0 radical (unpaired) electrons. The predicted octanol–water partition coefficient (Wildman–Crippen LogP) is 5.37. The highest BCUT2D eigenvalue weighted by molar-refractivity contribution is 6.23. The van der Waals surface area contributed by atoms with Crippen molar-refractivity contribution in [2.45, 2.75) is 12.8 Å². The number of amidine groups is 1. The van der Waals surface area contributed by atoms with Gasteiger partial charge in [-0.15, -0.1) is 0 Å². The van der Waals surface area contributed by atoms with Gasteiger partial charge in [0.25, 0.3) is 0 Å². The quantitative estimate of drug-likeness (QED) is 0.217. The number of rotatable bonds is 9. The number of carbonyl (C=O) groups excluding carboxylic acids is 1. The standard InChI is InChI=1S/C28H25N5O3/c1-31-25(30)24(19-7-6-8-20(17-19)33-27(34)28(18-29)15-16-28)26(32-2)36-23-13-11-22(12-14-23)35-21-9-4-3-5-10-21/h3-14,17,30,32H,1,15-16H2,2H3,(H,33,34). The first kappa shape index (κ1) is 24.2. The summed E-state index contributed by atoms with van der Waals surface area (Å²) >= 11 is 0. The molecule has 0 aromatic heterocycles. The largest absolute Gasteiger partial charge is 0.457 e. The number of para-hydroxylation sites is 1. The first-order valence-electron chi connectivity index (χ1n) is 11.3. The minimum absolute atomic E-state index is 0.109. The van der Waals surface area contributed by atoms with E-state index in [2.05, 4.69) is 28.4 Å². The molecule has 0 bridgehead atoms. The van der Waals surface area contributed by atoms with Gasteiger partial charge in [0.15, 0.2) is 5.84 Å². The van der Waals surface area contributed by atoms with Gasteiger partial charge in [-0.3, -0.25) is 10.2 Å². The number of hydrogen-bond donors (Lipinski definition) is 3. The summed E-state index contributed by atoms with van der Waals surface area (Å²) < 4.78 is 11.9. The molecule has 0 heterocycles. The van der Waals surface area contributed by atoms with Crippen molar-refractivity contribution < 1.29 is 14.3 Å². The van der Waals surface area contributed by atoms with Crippen LogP contribution in [0, 0.1) is 22.2 Å². The van der Waals surface area contributed by atoms with Crippen molar-refractivity contribution in [1.29, 1.82) is 10.7 Å². The third-order valence-corrected chi connectivity index (χ3v) is 5.68. The summed E-state index contributed by atoms with van der Waals surface area (Å²) in [5.41, 5.74) is 0.501. The zero-order chi connectivity index (χ0) is 25.5. The fourth-order valence-electron chi connectivity index (χ4n) is 3.52. The summed E-state index contributed by atoms with van der Waals surface area (Å²) in [5.74, 6) is 1.74. The van der Waals surface area contributed by atoms with Gasteiger partial charge in [0, 0.05) is 12.7 Å². The van der Waals surface area contributed by atoms with E-state index < -0.39 is 5.41 Å². The second-order valence-corrected chi connectivity index (χ2v) is 8.18. The van der Waals surface area contributed by atoms with Gasteiger partial charge in [-0.2, -0.15) is 5.26 Å². The first-order chi connectivity index (χ1) is 17.5.